The molecule has 0 aliphatic carbocycles. The molecule has 3 heterocycles. The molecule has 22 heavy (non-hydrogen) atoms. The highest BCUT2D eigenvalue weighted by Gasteiger charge is 2.17. The molecular formula is C15H18N2O4S. The van der Waals surface area contributed by atoms with Crippen LogP contribution in [0, 0.1) is 0 Å². The maximum Gasteiger partial charge on any atom is 0.306 e. The van der Waals surface area contributed by atoms with Crippen molar-refractivity contribution in [3.63, 3.8) is 0 Å². The second-order valence-corrected chi connectivity index (χ2v) is 5.98. The second-order valence-electron chi connectivity index (χ2n) is 5.20. The average Bonchev–Trinajstić information content (AvgIpc) is 3.22. The molecule has 2 aromatic heterocycles. The summed E-state index contributed by atoms with van der Waals surface area (Å²) in [5, 5.41) is 7.81. The highest BCUT2D eigenvalue weighted by atomic mass is 32.1. The van der Waals surface area contributed by atoms with E-state index < -0.39 is 0 Å². The molecule has 1 aliphatic rings. The van der Waals surface area contributed by atoms with Crippen molar-refractivity contribution < 1.29 is 18.8 Å². The predicted octanol–water partition coefficient (Wildman–Crippen LogP) is 2.84. The van der Waals surface area contributed by atoms with E-state index in [1.165, 1.54) is 0 Å². The summed E-state index contributed by atoms with van der Waals surface area (Å²) in [6.07, 6.45) is 3.86. The zero-order valence-electron chi connectivity index (χ0n) is 12.2. The quantitative estimate of drug-likeness (QED) is 0.761. The van der Waals surface area contributed by atoms with Crippen LogP contribution in [-0.2, 0) is 20.7 Å². The number of carbonyl (C=O) groups excluding carboxylic acids is 1. The van der Waals surface area contributed by atoms with Gasteiger partial charge in [-0.1, -0.05) is 5.16 Å². The topological polar surface area (TPSA) is 74.5 Å². The molecule has 7 heteroatoms. The monoisotopic (exact) mass is 322 g/mol. The van der Waals surface area contributed by atoms with Crippen LogP contribution in [0.1, 0.15) is 31.6 Å². The first kappa shape index (κ1) is 15.2. The largest absolute Gasteiger partial charge is 0.463 e. The van der Waals surface area contributed by atoms with Gasteiger partial charge >= 0.3 is 5.97 Å². The molecule has 118 valence electrons. The van der Waals surface area contributed by atoms with Gasteiger partial charge in [-0.3, -0.25) is 4.79 Å². The molecule has 0 aromatic carbocycles. The van der Waals surface area contributed by atoms with Gasteiger partial charge in [0.25, 0.3) is 0 Å². The molecule has 0 saturated carbocycles. The van der Waals surface area contributed by atoms with Gasteiger partial charge in [0.05, 0.1) is 12.5 Å². The fourth-order valence-corrected chi connectivity index (χ4v) is 2.91. The lowest BCUT2D eigenvalue weighted by atomic mass is 10.1. The van der Waals surface area contributed by atoms with Gasteiger partial charge in [-0.2, -0.15) is 16.3 Å². The maximum absolute atomic E-state index is 11.7. The Kier molecular flexibility index (Phi) is 5.18. The summed E-state index contributed by atoms with van der Waals surface area (Å²) in [6.45, 7) is 1.10. The first-order chi connectivity index (χ1) is 10.8. The van der Waals surface area contributed by atoms with Gasteiger partial charge in [0.1, 0.15) is 6.61 Å². The van der Waals surface area contributed by atoms with Gasteiger partial charge in [0.15, 0.2) is 0 Å². The third-order valence-electron chi connectivity index (χ3n) is 3.49. The molecule has 3 rings (SSSR count). The summed E-state index contributed by atoms with van der Waals surface area (Å²) in [6, 6.07) is 1.93. The molecular weight excluding hydrogens is 304 g/mol. The number of nitrogens with zero attached hydrogens (tertiary/aromatic N) is 2. The van der Waals surface area contributed by atoms with Crippen LogP contribution >= 0.6 is 11.3 Å². The Balaban J connectivity index is 1.41. The lowest BCUT2D eigenvalue weighted by molar-refractivity contribution is -0.149. The average molecular weight is 322 g/mol. The highest BCUT2D eigenvalue weighted by Crippen LogP contribution is 2.19. The van der Waals surface area contributed by atoms with Crippen LogP contribution in [0.15, 0.2) is 21.3 Å². The van der Waals surface area contributed by atoms with Gasteiger partial charge in [0, 0.05) is 24.0 Å². The summed E-state index contributed by atoms with van der Waals surface area (Å²) >= 11 is 1.57. The van der Waals surface area contributed by atoms with Crippen molar-refractivity contribution in [2.75, 3.05) is 13.2 Å². The van der Waals surface area contributed by atoms with E-state index in [-0.39, 0.29) is 18.5 Å². The molecule has 1 atom stereocenters. The molecule has 0 N–H and O–H groups in total. The van der Waals surface area contributed by atoms with E-state index in [1.807, 2.05) is 16.8 Å². The van der Waals surface area contributed by atoms with E-state index in [9.17, 15) is 4.79 Å². The zero-order chi connectivity index (χ0) is 15.2. The number of aromatic nitrogens is 2. The van der Waals surface area contributed by atoms with Crippen molar-refractivity contribution in [1.29, 1.82) is 0 Å². The van der Waals surface area contributed by atoms with E-state index in [1.54, 1.807) is 11.3 Å². The minimum atomic E-state index is -0.260. The number of thiophene rings is 1. The fourth-order valence-electron chi connectivity index (χ4n) is 2.27. The van der Waals surface area contributed by atoms with Crippen molar-refractivity contribution in [3.05, 3.63) is 22.7 Å². The van der Waals surface area contributed by atoms with Gasteiger partial charge < -0.3 is 14.0 Å². The minimum Gasteiger partial charge on any atom is -0.463 e. The van der Waals surface area contributed by atoms with E-state index in [2.05, 4.69) is 10.1 Å². The van der Waals surface area contributed by atoms with Crippen molar-refractivity contribution in [3.8, 4) is 11.4 Å². The third-order valence-corrected chi connectivity index (χ3v) is 4.18. The van der Waals surface area contributed by atoms with E-state index >= 15 is 0 Å². The molecule has 1 saturated heterocycles. The first-order valence-electron chi connectivity index (χ1n) is 7.43. The van der Waals surface area contributed by atoms with Crippen molar-refractivity contribution in [2.45, 2.75) is 38.2 Å². The third kappa shape index (κ3) is 4.14. The molecule has 1 aliphatic heterocycles. The van der Waals surface area contributed by atoms with Crippen LogP contribution in [0.4, 0.5) is 0 Å². The summed E-state index contributed by atoms with van der Waals surface area (Å²) in [5.41, 5.74) is 0.928. The van der Waals surface area contributed by atoms with Gasteiger partial charge in [0.2, 0.25) is 11.7 Å². The molecule has 1 fully saturated rings. The molecule has 1 unspecified atom stereocenters. The summed E-state index contributed by atoms with van der Waals surface area (Å²) in [4.78, 5) is 16.0. The maximum atomic E-state index is 11.7. The Morgan fingerprint density at radius 3 is 3.18 bits per heavy atom. The Morgan fingerprint density at radius 1 is 1.45 bits per heavy atom. The van der Waals surface area contributed by atoms with E-state index in [4.69, 9.17) is 14.0 Å². The Hall–Kier alpha value is -1.73. The van der Waals surface area contributed by atoms with Gasteiger partial charge in [-0.05, 0) is 30.7 Å². The Morgan fingerprint density at radius 2 is 2.41 bits per heavy atom. The number of carbonyl (C=O) groups is 1. The van der Waals surface area contributed by atoms with Crippen LogP contribution in [0.2, 0.25) is 0 Å². The number of ether oxygens (including phenoxy) is 2. The predicted molar refractivity (Wildman–Crippen MR) is 80.5 cm³/mol. The smallest absolute Gasteiger partial charge is 0.306 e. The first-order valence-corrected chi connectivity index (χ1v) is 8.38. The lowest BCUT2D eigenvalue weighted by Crippen LogP contribution is -2.26. The van der Waals surface area contributed by atoms with Crippen molar-refractivity contribution in [2.24, 2.45) is 0 Å². The highest BCUT2D eigenvalue weighted by molar-refractivity contribution is 7.08. The number of esters is 1. The molecule has 0 radical (unpaired) electrons. The van der Waals surface area contributed by atoms with Crippen LogP contribution < -0.4 is 0 Å². The van der Waals surface area contributed by atoms with Gasteiger partial charge in [-0.25, -0.2) is 0 Å². The van der Waals surface area contributed by atoms with Crippen molar-refractivity contribution >= 4 is 17.3 Å². The molecule has 2 aromatic rings. The Bertz CT molecular complexity index is 590. The van der Waals surface area contributed by atoms with Crippen molar-refractivity contribution in [1.82, 2.24) is 10.1 Å². The summed E-state index contributed by atoms with van der Waals surface area (Å²) in [7, 11) is 0. The second kappa shape index (κ2) is 7.51. The minimum absolute atomic E-state index is 0.0475. The van der Waals surface area contributed by atoms with Crippen LogP contribution in [0.25, 0.3) is 11.4 Å². The zero-order valence-corrected chi connectivity index (χ0v) is 13.0. The van der Waals surface area contributed by atoms with E-state index in [0.29, 0.717) is 24.7 Å². The fraction of sp³-hybridized carbons (Fsp3) is 0.533. The lowest BCUT2D eigenvalue weighted by Gasteiger charge is -2.21. The Labute approximate surface area is 132 Å². The summed E-state index contributed by atoms with van der Waals surface area (Å²) in [5.74, 6) is 0.747. The number of aryl methyl sites for hydroxylation is 1. The normalized spacial score (nSPS) is 18.3. The number of rotatable bonds is 6. The standard InChI is InChI=1S/C15H18N2O4S/c18-14(20-9-12-3-1-2-7-19-12)5-4-13-16-15(17-21-13)11-6-8-22-10-11/h6,8,10,12H,1-5,7,9H2. The van der Waals surface area contributed by atoms with Crippen LogP contribution in [0.3, 0.4) is 0 Å². The van der Waals surface area contributed by atoms with Gasteiger partial charge in [-0.15, -0.1) is 0 Å². The molecule has 0 amide bonds. The SMILES string of the molecule is O=C(CCc1nc(-c2ccsc2)no1)OCC1CCCCO1. The number of hydrogen-bond donors (Lipinski definition) is 0. The van der Waals surface area contributed by atoms with Crippen LogP contribution in [-0.4, -0.2) is 35.4 Å². The molecule has 0 spiro atoms. The van der Waals surface area contributed by atoms with Crippen LogP contribution in [0.5, 0.6) is 0 Å². The number of hydrogen-bond acceptors (Lipinski definition) is 7. The molecule has 0 bridgehead atoms. The molecule has 6 nitrogen and oxygen atoms in total. The van der Waals surface area contributed by atoms with E-state index in [0.717, 1.165) is 31.4 Å². The summed E-state index contributed by atoms with van der Waals surface area (Å²) < 4.78 is 15.9.